The maximum absolute atomic E-state index is 5.20. The molecule has 0 radical (unpaired) electrons. The second-order valence-corrected chi connectivity index (χ2v) is 12.8. The molecule has 0 saturated heterocycles. The third-order valence-corrected chi connectivity index (χ3v) is 8.84. The Balaban J connectivity index is 1.26. The quantitative estimate of drug-likeness (QED) is 0.208. The number of benzene rings is 6. The molecular formula is C42H33N3. The van der Waals surface area contributed by atoms with E-state index in [9.17, 15) is 0 Å². The molecule has 8 rings (SSSR count). The summed E-state index contributed by atoms with van der Waals surface area (Å²) in [6.45, 7) is 6.79. The molecule has 45 heavy (non-hydrogen) atoms. The van der Waals surface area contributed by atoms with E-state index < -0.39 is 0 Å². The summed E-state index contributed by atoms with van der Waals surface area (Å²) in [6.07, 6.45) is 1.88. The summed E-state index contributed by atoms with van der Waals surface area (Å²) < 4.78 is 2.25. The van der Waals surface area contributed by atoms with Crippen LogP contribution in [0.5, 0.6) is 0 Å². The second kappa shape index (κ2) is 10.6. The predicted molar refractivity (Wildman–Crippen MR) is 189 cm³/mol. The maximum Gasteiger partial charge on any atom is 0.235 e. The summed E-state index contributed by atoms with van der Waals surface area (Å²) in [7, 11) is 0. The van der Waals surface area contributed by atoms with Gasteiger partial charge in [-0.05, 0) is 62.9 Å². The third kappa shape index (κ3) is 4.78. The van der Waals surface area contributed by atoms with E-state index >= 15 is 0 Å². The Morgan fingerprint density at radius 1 is 0.511 bits per heavy atom. The molecule has 0 saturated carbocycles. The molecule has 2 heterocycles. The van der Waals surface area contributed by atoms with Crippen LogP contribution in [0.15, 0.2) is 146 Å². The molecule has 0 aliphatic rings. The van der Waals surface area contributed by atoms with Crippen molar-refractivity contribution in [1.29, 1.82) is 0 Å². The second-order valence-electron chi connectivity index (χ2n) is 12.8. The number of nitrogens with zero attached hydrogens (tertiary/aromatic N) is 3. The highest BCUT2D eigenvalue weighted by Crippen LogP contribution is 2.38. The Hall–Kier alpha value is -5.54. The van der Waals surface area contributed by atoms with E-state index in [0.29, 0.717) is 5.95 Å². The molecule has 0 amide bonds. The minimum Gasteiger partial charge on any atom is -0.277 e. The number of rotatable bonds is 4. The van der Waals surface area contributed by atoms with E-state index in [4.69, 9.17) is 9.97 Å². The Kier molecular flexibility index (Phi) is 6.35. The van der Waals surface area contributed by atoms with Gasteiger partial charge in [0.25, 0.3) is 0 Å². The van der Waals surface area contributed by atoms with Crippen molar-refractivity contribution in [1.82, 2.24) is 14.5 Å². The van der Waals surface area contributed by atoms with Gasteiger partial charge in [-0.15, -0.1) is 0 Å². The molecule has 6 aromatic carbocycles. The third-order valence-electron chi connectivity index (χ3n) is 8.84. The number of hydrogen-bond acceptors (Lipinski definition) is 2. The van der Waals surface area contributed by atoms with Crippen molar-refractivity contribution in [2.24, 2.45) is 0 Å². The standard InChI is InChI=1S/C42H33N3/c1-42(2,3)34-21-23-39-37(27-34)36-22-20-31-12-7-8-15-35(31)40(36)45(39)41-43-25-24-38(44-41)33-14-9-13-32(26-33)30-18-16-29(17-19-30)28-10-5-4-6-11-28/h4-27H,1-3H3. The SMILES string of the molecule is CC(C)(C)c1ccc2c(c1)c1ccc3ccccc3c1n2-c1nccc(-c2cccc(-c3ccc(-c4ccccc4)cc3)c2)n1. The Morgan fingerprint density at radius 3 is 2.00 bits per heavy atom. The first-order chi connectivity index (χ1) is 21.9. The highest BCUT2D eigenvalue weighted by molar-refractivity contribution is 6.18. The van der Waals surface area contributed by atoms with Gasteiger partial charge in [-0.2, -0.15) is 0 Å². The molecule has 0 fully saturated rings. The van der Waals surface area contributed by atoms with Crippen molar-refractivity contribution in [3.05, 3.63) is 151 Å². The van der Waals surface area contributed by atoms with Crippen LogP contribution in [0.2, 0.25) is 0 Å². The monoisotopic (exact) mass is 579 g/mol. The molecule has 3 nitrogen and oxygen atoms in total. The molecule has 2 aromatic heterocycles. The smallest absolute Gasteiger partial charge is 0.235 e. The minimum absolute atomic E-state index is 0.0444. The van der Waals surface area contributed by atoms with Gasteiger partial charge in [0.2, 0.25) is 5.95 Å². The fourth-order valence-corrected chi connectivity index (χ4v) is 6.42. The first-order valence-corrected chi connectivity index (χ1v) is 15.5. The van der Waals surface area contributed by atoms with Crippen LogP contribution in [0.1, 0.15) is 26.3 Å². The lowest BCUT2D eigenvalue weighted by Crippen LogP contribution is -2.10. The molecule has 216 valence electrons. The van der Waals surface area contributed by atoms with Gasteiger partial charge in [0.05, 0.1) is 16.7 Å². The Labute approximate surface area is 263 Å². The summed E-state index contributed by atoms with van der Waals surface area (Å²) >= 11 is 0. The zero-order chi connectivity index (χ0) is 30.5. The molecule has 0 aliphatic carbocycles. The van der Waals surface area contributed by atoms with Crippen LogP contribution in [0, 0.1) is 0 Å². The highest BCUT2D eigenvalue weighted by Gasteiger charge is 2.20. The van der Waals surface area contributed by atoms with Crippen molar-refractivity contribution < 1.29 is 0 Å². The van der Waals surface area contributed by atoms with E-state index in [-0.39, 0.29) is 5.41 Å². The largest absolute Gasteiger partial charge is 0.277 e. The van der Waals surface area contributed by atoms with Gasteiger partial charge in [0, 0.05) is 27.9 Å². The molecule has 0 bridgehead atoms. The molecule has 0 atom stereocenters. The summed E-state index contributed by atoms with van der Waals surface area (Å²) in [6, 6.07) is 49.8. The van der Waals surface area contributed by atoms with Crippen LogP contribution < -0.4 is 0 Å². The van der Waals surface area contributed by atoms with E-state index in [2.05, 4.69) is 153 Å². The molecule has 0 unspecified atom stereocenters. The first-order valence-electron chi connectivity index (χ1n) is 15.5. The van der Waals surface area contributed by atoms with Crippen molar-refractivity contribution in [2.45, 2.75) is 26.2 Å². The fraction of sp³-hybridized carbons (Fsp3) is 0.0952. The van der Waals surface area contributed by atoms with E-state index in [1.807, 2.05) is 18.3 Å². The lowest BCUT2D eigenvalue weighted by atomic mass is 9.86. The van der Waals surface area contributed by atoms with Crippen molar-refractivity contribution in [3.8, 4) is 39.5 Å². The summed E-state index contributed by atoms with van der Waals surface area (Å²) in [4.78, 5) is 10.1. The van der Waals surface area contributed by atoms with Crippen molar-refractivity contribution in [3.63, 3.8) is 0 Å². The first kappa shape index (κ1) is 27.0. The van der Waals surface area contributed by atoms with Gasteiger partial charge in [0.1, 0.15) is 0 Å². The van der Waals surface area contributed by atoms with E-state index in [1.165, 1.54) is 43.8 Å². The van der Waals surface area contributed by atoms with Crippen LogP contribution in [-0.2, 0) is 5.41 Å². The van der Waals surface area contributed by atoms with Gasteiger partial charge in [-0.3, -0.25) is 4.57 Å². The normalized spacial score (nSPS) is 11.9. The highest BCUT2D eigenvalue weighted by atomic mass is 15.2. The van der Waals surface area contributed by atoms with Gasteiger partial charge in [0.15, 0.2) is 0 Å². The summed E-state index contributed by atoms with van der Waals surface area (Å²) in [5.41, 5.74) is 10.3. The van der Waals surface area contributed by atoms with Crippen LogP contribution in [0.4, 0.5) is 0 Å². The van der Waals surface area contributed by atoms with Crippen molar-refractivity contribution in [2.75, 3.05) is 0 Å². The van der Waals surface area contributed by atoms with Gasteiger partial charge < -0.3 is 0 Å². The topological polar surface area (TPSA) is 30.7 Å². The van der Waals surface area contributed by atoms with Crippen LogP contribution in [0.25, 0.3) is 72.0 Å². The van der Waals surface area contributed by atoms with Crippen molar-refractivity contribution >= 4 is 32.6 Å². The number of fused-ring (bicyclic) bond motifs is 5. The lowest BCUT2D eigenvalue weighted by Gasteiger charge is -2.19. The Bertz CT molecular complexity index is 2340. The molecular weight excluding hydrogens is 546 g/mol. The average molecular weight is 580 g/mol. The average Bonchev–Trinajstić information content (AvgIpc) is 3.43. The summed E-state index contributed by atoms with van der Waals surface area (Å²) in [5.74, 6) is 0.671. The fourth-order valence-electron chi connectivity index (χ4n) is 6.42. The van der Waals surface area contributed by atoms with Crippen LogP contribution in [0.3, 0.4) is 0 Å². The van der Waals surface area contributed by atoms with Crippen LogP contribution >= 0.6 is 0 Å². The molecule has 0 N–H and O–H groups in total. The zero-order valence-electron chi connectivity index (χ0n) is 25.7. The predicted octanol–water partition coefficient (Wildman–Crippen LogP) is 11.0. The van der Waals surface area contributed by atoms with E-state index in [0.717, 1.165) is 27.9 Å². The summed E-state index contributed by atoms with van der Waals surface area (Å²) in [5, 5.41) is 4.83. The van der Waals surface area contributed by atoms with Gasteiger partial charge in [-0.25, -0.2) is 9.97 Å². The molecule has 3 heteroatoms. The Morgan fingerprint density at radius 2 is 1.20 bits per heavy atom. The number of aromatic nitrogens is 3. The van der Waals surface area contributed by atoms with Crippen LogP contribution in [-0.4, -0.2) is 14.5 Å². The minimum atomic E-state index is 0.0444. The lowest BCUT2D eigenvalue weighted by molar-refractivity contribution is 0.591. The maximum atomic E-state index is 5.20. The zero-order valence-corrected chi connectivity index (χ0v) is 25.7. The molecule has 0 aliphatic heterocycles. The van der Waals surface area contributed by atoms with E-state index in [1.54, 1.807) is 0 Å². The molecule has 0 spiro atoms. The van der Waals surface area contributed by atoms with Gasteiger partial charge in [-0.1, -0.05) is 136 Å². The number of hydrogen-bond donors (Lipinski definition) is 0. The molecule has 8 aromatic rings. The van der Waals surface area contributed by atoms with Gasteiger partial charge >= 0.3 is 0 Å².